The number of aromatic amines is 1. The number of aromatic nitrogens is 3. The van der Waals surface area contributed by atoms with E-state index in [4.69, 9.17) is 5.11 Å². The number of carboxylic acids is 1. The first-order chi connectivity index (χ1) is 6.50. The smallest absolute Gasteiger partial charge is 0.375 e. The van der Waals surface area contributed by atoms with Gasteiger partial charge in [-0.05, 0) is 6.92 Å². The van der Waals surface area contributed by atoms with Gasteiger partial charge in [-0.3, -0.25) is 9.89 Å². The predicted octanol–water partition coefficient (Wildman–Crippen LogP) is -0.300. The van der Waals surface area contributed by atoms with Crippen molar-refractivity contribution in [1.82, 2.24) is 20.5 Å². The lowest BCUT2D eigenvalue weighted by molar-refractivity contribution is -0.119. The van der Waals surface area contributed by atoms with Crippen LogP contribution in [0.2, 0.25) is 0 Å². The monoisotopic (exact) mass is 198 g/mol. The van der Waals surface area contributed by atoms with Crippen molar-refractivity contribution in [1.29, 1.82) is 0 Å². The fourth-order valence-electron chi connectivity index (χ4n) is 0.937. The maximum Gasteiger partial charge on any atom is 0.375 e. The largest absolute Gasteiger partial charge is 0.475 e. The van der Waals surface area contributed by atoms with Gasteiger partial charge < -0.3 is 10.4 Å². The fourth-order valence-corrected chi connectivity index (χ4v) is 0.937. The second kappa shape index (κ2) is 3.86. The van der Waals surface area contributed by atoms with Crippen LogP contribution in [0.1, 0.15) is 36.3 Å². The van der Waals surface area contributed by atoms with Crippen LogP contribution in [-0.4, -0.2) is 32.2 Å². The van der Waals surface area contributed by atoms with Crippen molar-refractivity contribution in [2.24, 2.45) is 0 Å². The summed E-state index contributed by atoms with van der Waals surface area (Å²) in [7, 11) is 0. The van der Waals surface area contributed by atoms with Gasteiger partial charge in [0.2, 0.25) is 5.91 Å². The number of hydrogen-bond donors (Lipinski definition) is 3. The molecule has 14 heavy (non-hydrogen) atoms. The molecule has 7 nitrogen and oxygen atoms in total. The Morgan fingerprint density at radius 2 is 2.21 bits per heavy atom. The minimum Gasteiger partial charge on any atom is -0.475 e. The van der Waals surface area contributed by atoms with Crippen molar-refractivity contribution in [2.45, 2.75) is 19.9 Å². The van der Waals surface area contributed by atoms with Crippen LogP contribution in [0.3, 0.4) is 0 Å². The SMILES string of the molecule is CC(=O)NC(C)c1nc(C(=O)O)n[nH]1. The van der Waals surface area contributed by atoms with Crippen molar-refractivity contribution in [2.75, 3.05) is 0 Å². The van der Waals surface area contributed by atoms with E-state index in [-0.39, 0.29) is 17.8 Å². The van der Waals surface area contributed by atoms with Gasteiger partial charge in [-0.25, -0.2) is 9.78 Å². The third-order valence-electron chi connectivity index (χ3n) is 1.52. The summed E-state index contributed by atoms with van der Waals surface area (Å²) in [5.74, 6) is -1.41. The van der Waals surface area contributed by atoms with Crippen LogP contribution in [0.5, 0.6) is 0 Å². The number of nitrogens with zero attached hydrogens (tertiary/aromatic N) is 2. The molecular weight excluding hydrogens is 188 g/mol. The van der Waals surface area contributed by atoms with Gasteiger partial charge in [-0.2, -0.15) is 0 Å². The number of amides is 1. The highest BCUT2D eigenvalue weighted by molar-refractivity contribution is 5.82. The zero-order valence-electron chi connectivity index (χ0n) is 7.74. The lowest BCUT2D eigenvalue weighted by Gasteiger charge is -2.07. The molecule has 1 heterocycles. The van der Waals surface area contributed by atoms with Gasteiger partial charge in [0, 0.05) is 6.92 Å². The minimum atomic E-state index is -1.21. The Balaban J connectivity index is 2.76. The zero-order valence-corrected chi connectivity index (χ0v) is 7.74. The van der Waals surface area contributed by atoms with E-state index in [1.807, 2.05) is 0 Å². The third kappa shape index (κ3) is 2.28. The van der Waals surface area contributed by atoms with E-state index in [0.717, 1.165) is 0 Å². The average molecular weight is 198 g/mol. The third-order valence-corrected chi connectivity index (χ3v) is 1.52. The molecule has 76 valence electrons. The quantitative estimate of drug-likeness (QED) is 0.617. The van der Waals surface area contributed by atoms with Gasteiger partial charge in [-0.1, -0.05) is 0 Å². The van der Waals surface area contributed by atoms with Gasteiger partial charge in [-0.15, -0.1) is 5.10 Å². The average Bonchev–Trinajstić information content (AvgIpc) is 2.50. The van der Waals surface area contributed by atoms with Crippen molar-refractivity contribution >= 4 is 11.9 Å². The molecule has 0 aliphatic heterocycles. The number of H-pyrrole nitrogens is 1. The van der Waals surface area contributed by atoms with Crippen LogP contribution < -0.4 is 5.32 Å². The van der Waals surface area contributed by atoms with E-state index in [9.17, 15) is 9.59 Å². The zero-order chi connectivity index (χ0) is 10.7. The number of aromatic carboxylic acids is 1. The normalized spacial score (nSPS) is 12.1. The van der Waals surface area contributed by atoms with Gasteiger partial charge in [0.05, 0.1) is 6.04 Å². The number of nitrogens with one attached hydrogen (secondary N) is 2. The van der Waals surface area contributed by atoms with E-state index >= 15 is 0 Å². The molecule has 0 aliphatic carbocycles. The molecule has 1 aromatic heterocycles. The maximum atomic E-state index is 10.7. The molecule has 1 aromatic rings. The predicted molar refractivity (Wildman–Crippen MR) is 45.6 cm³/mol. The fraction of sp³-hybridized carbons (Fsp3) is 0.429. The Bertz CT molecular complexity index is 360. The summed E-state index contributed by atoms with van der Waals surface area (Å²) < 4.78 is 0. The maximum absolute atomic E-state index is 10.7. The minimum absolute atomic E-state index is 0.217. The summed E-state index contributed by atoms with van der Waals surface area (Å²) in [6.45, 7) is 3.04. The molecule has 1 unspecified atom stereocenters. The number of carboxylic acid groups (broad SMARTS) is 1. The first-order valence-corrected chi connectivity index (χ1v) is 3.93. The first-order valence-electron chi connectivity index (χ1n) is 3.93. The second-order valence-corrected chi connectivity index (χ2v) is 2.77. The molecular formula is C7H10N4O3. The first kappa shape index (κ1) is 10.2. The molecule has 3 N–H and O–H groups in total. The summed E-state index contributed by atoms with van der Waals surface area (Å²) in [6, 6.07) is -0.381. The van der Waals surface area contributed by atoms with Crippen LogP contribution in [0.15, 0.2) is 0 Å². The topological polar surface area (TPSA) is 108 Å². The van der Waals surface area contributed by atoms with E-state index < -0.39 is 5.97 Å². The van der Waals surface area contributed by atoms with Crippen molar-refractivity contribution in [3.05, 3.63) is 11.6 Å². The highest BCUT2D eigenvalue weighted by Gasteiger charge is 2.15. The van der Waals surface area contributed by atoms with Crippen LogP contribution in [0.4, 0.5) is 0 Å². The summed E-state index contributed by atoms with van der Waals surface area (Å²) in [4.78, 5) is 24.8. The van der Waals surface area contributed by atoms with Crippen molar-refractivity contribution in [3.63, 3.8) is 0 Å². The van der Waals surface area contributed by atoms with Crippen molar-refractivity contribution in [3.8, 4) is 0 Å². The van der Waals surface area contributed by atoms with Gasteiger partial charge in [0.15, 0.2) is 0 Å². The summed E-state index contributed by atoms with van der Waals surface area (Å²) in [5, 5.41) is 17.0. The second-order valence-electron chi connectivity index (χ2n) is 2.77. The molecule has 0 aliphatic rings. The molecule has 1 atom stereocenters. The standard InChI is InChI=1S/C7H10N4O3/c1-3(8-4(2)12)5-9-6(7(13)14)11-10-5/h3H,1-2H3,(H,8,12)(H,13,14)(H,9,10,11). The number of carbonyl (C=O) groups excluding carboxylic acids is 1. The Morgan fingerprint density at radius 3 is 2.64 bits per heavy atom. The van der Waals surface area contributed by atoms with Crippen molar-refractivity contribution < 1.29 is 14.7 Å². The Labute approximate surface area is 79.5 Å². The van der Waals surface area contributed by atoms with Gasteiger partial charge >= 0.3 is 5.97 Å². The molecule has 7 heteroatoms. The van der Waals surface area contributed by atoms with Crippen LogP contribution >= 0.6 is 0 Å². The molecule has 0 aromatic carbocycles. The van der Waals surface area contributed by atoms with Crippen LogP contribution in [0.25, 0.3) is 0 Å². The van der Waals surface area contributed by atoms with Gasteiger partial charge in [0.25, 0.3) is 5.82 Å². The Hall–Kier alpha value is -1.92. The Morgan fingerprint density at radius 1 is 1.57 bits per heavy atom. The van der Waals surface area contributed by atoms with E-state index in [1.165, 1.54) is 6.92 Å². The summed E-state index contributed by atoms with van der Waals surface area (Å²) in [5.41, 5.74) is 0. The van der Waals surface area contributed by atoms with E-state index in [0.29, 0.717) is 5.82 Å². The number of carbonyl (C=O) groups is 2. The molecule has 0 saturated heterocycles. The summed E-state index contributed by atoms with van der Waals surface area (Å²) in [6.07, 6.45) is 0. The highest BCUT2D eigenvalue weighted by atomic mass is 16.4. The number of rotatable bonds is 3. The highest BCUT2D eigenvalue weighted by Crippen LogP contribution is 2.05. The number of hydrogen-bond acceptors (Lipinski definition) is 4. The molecule has 0 bridgehead atoms. The molecule has 1 rings (SSSR count). The van der Waals surface area contributed by atoms with Crippen LogP contribution in [-0.2, 0) is 4.79 Å². The van der Waals surface area contributed by atoms with Crippen LogP contribution in [0, 0.1) is 0 Å². The molecule has 0 spiro atoms. The van der Waals surface area contributed by atoms with E-state index in [1.54, 1.807) is 6.92 Å². The van der Waals surface area contributed by atoms with E-state index in [2.05, 4.69) is 20.5 Å². The van der Waals surface area contributed by atoms with Gasteiger partial charge in [0.1, 0.15) is 5.82 Å². The molecule has 0 saturated carbocycles. The lowest BCUT2D eigenvalue weighted by Crippen LogP contribution is -2.24. The summed E-state index contributed by atoms with van der Waals surface area (Å²) >= 11 is 0. The molecule has 1 amide bonds. The Kier molecular flexibility index (Phi) is 2.80. The lowest BCUT2D eigenvalue weighted by atomic mass is 10.3. The molecule has 0 fully saturated rings. The molecule has 0 radical (unpaired) electrons.